The van der Waals surface area contributed by atoms with Crippen molar-refractivity contribution < 1.29 is 29.0 Å². The highest BCUT2D eigenvalue weighted by atomic mass is 16.5. The Kier molecular flexibility index (Phi) is 8.62. The number of hydrogen-bond donors (Lipinski definition) is 2. The van der Waals surface area contributed by atoms with E-state index < -0.39 is 12.1 Å². The number of amides is 3. The number of phenolic OH excluding ortho intramolecular Hbond substituents is 1. The third-order valence-electron chi connectivity index (χ3n) is 7.78. The van der Waals surface area contributed by atoms with Crippen LogP contribution >= 0.6 is 0 Å². The molecule has 3 aliphatic heterocycles. The predicted octanol–water partition coefficient (Wildman–Crippen LogP) is -0.123. The van der Waals surface area contributed by atoms with Crippen LogP contribution in [0.1, 0.15) is 26.3 Å². The summed E-state index contributed by atoms with van der Waals surface area (Å²) in [7, 11) is 0. The molecule has 40 heavy (non-hydrogen) atoms. The number of rotatable bonds is 3. The maximum atomic E-state index is 14.2. The summed E-state index contributed by atoms with van der Waals surface area (Å²) >= 11 is 0. The maximum absolute atomic E-state index is 14.2. The van der Waals surface area contributed by atoms with E-state index in [1.165, 1.54) is 0 Å². The Labute approximate surface area is 233 Å². The molecule has 3 amide bonds. The zero-order valence-corrected chi connectivity index (χ0v) is 22.9. The van der Waals surface area contributed by atoms with Crippen LogP contribution in [0.2, 0.25) is 0 Å². The normalized spacial score (nSPS) is 25.8. The number of carbonyl (C=O) groups excluding carboxylic acids is 3. The molecule has 1 aromatic heterocycles. The Morgan fingerprint density at radius 1 is 1.02 bits per heavy atom. The van der Waals surface area contributed by atoms with Gasteiger partial charge in [0.1, 0.15) is 30.1 Å². The van der Waals surface area contributed by atoms with Gasteiger partial charge in [-0.25, -0.2) is 4.68 Å². The van der Waals surface area contributed by atoms with Crippen molar-refractivity contribution in [1.29, 1.82) is 0 Å². The van der Waals surface area contributed by atoms with Gasteiger partial charge in [0.2, 0.25) is 17.7 Å². The van der Waals surface area contributed by atoms with E-state index in [0.717, 1.165) is 0 Å². The van der Waals surface area contributed by atoms with E-state index in [4.69, 9.17) is 9.47 Å². The van der Waals surface area contributed by atoms with Crippen molar-refractivity contribution in [1.82, 2.24) is 35.0 Å². The summed E-state index contributed by atoms with van der Waals surface area (Å²) in [5.41, 5.74) is 1.28. The van der Waals surface area contributed by atoms with Crippen molar-refractivity contribution in [3.05, 3.63) is 30.5 Å². The number of nitrogens with one attached hydrogen (secondary N) is 1. The van der Waals surface area contributed by atoms with Gasteiger partial charge in [-0.05, 0) is 26.0 Å². The molecule has 2 aromatic rings. The van der Waals surface area contributed by atoms with Crippen LogP contribution in [0.4, 0.5) is 0 Å². The van der Waals surface area contributed by atoms with Crippen molar-refractivity contribution in [3.63, 3.8) is 0 Å². The molecule has 0 aliphatic carbocycles. The first-order valence-electron chi connectivity index (χ1n) is 13.8. The third-order valence-corrected chi connectivity index (χ3v) is 7.78. The van der Waals surface area contributed by atoms with Crippen LogP contribution in [0.5, 0.6) is 5.75 Å². The molecule has 216 valence electrons. The third kappa shape index (κ3) is 6.11. The number of aromatic nitrogens is 3. The van der Waals surface area contributed by atoms with Gasteiger partial charge in [-0.15, -0.1) is 5.10 Å². The highest BCUT2D eigenvalue weighted by molar-refractivity contribution is 5.93. The summed E-state index contributed by atoms with van der Waals surface area (Å²) in [4.78, 5) is 46.1. The van der Waals surface area contributed by atoms with Gasteiger partial charge in [-0.2, -0.15) is 0 Å². The van der Waals surface area contributed by atoms with Crippen LogP contribution in [-0.2, 0) is 23.9 Å². The molecule has 5 rings (SSSR count). The average molecular weight is 556 g/mol. The number of carbonyl (C=O) groups is 3. The summed E-state index contributed by atoms with van der Waals surface area (Å²) in [6.45, 7) is 6.82. The van der Waals surface area contributed by atoms with Crippen LogP contribution in [-0.4, -0.2) is 130 Å². The van der Waals surface area contributed by atoms with Gasteiger partial charge in [0, 0.05) is 50.7 Å². The van der Waals surface area contributed by atoms with E-state index in [-0.39, 0.29) is 55.3 Å². The molecule has 0 bridgehead atoms. The van der Waals surface area contributed by atoms with Gasteiger partial charge >= 0.3 is 0 Å². The van der Waals surface area contributed by atoms with Crippen molar-refractivity contribution in [2.24, 2.45) is 0 Å². The second kappa shape index (κ2) is 12.3. The standard InChI is InChI=1S/C27H37N7O6/c1-18(2)31-7-8-32-24(16-31)27(38)33-14-20(34-15-22(29-30-34)19-4-3-5-21(35)12-19)13-23(33)26(37)28-6-9-39-10-11-40-17-25(32)36/h3-5,12,15,18,20,23-24,35H,6-11,13-14,16-17H2,1-2H3,(H,28,37)/t20-,23-,24-/m0/s1. The second-order valence-electron chi connectivity index (χ2n) is 10.7. The van der Waals surface area contributed by atoms with E-state index in [1.54, 1.807) is 38.9 Å². The monoisotopic (exact) mass is 555 g/mol. The molecule has 2 N–H and O–H groups in total. The first-order chi connectivity index (χ1) is 19.3. The number of ether oxygens (including phenoxy) is 2. The number of piperazine rings is 1. The molecule has 3 fully saturated rings. The van der Waals surface area contributed by atoms with Gasteiger partial charge in [0.05, 0.1) is 32.1 Å². The molecule has 3 atom stereocenters. The lowest BCUT2D eigenvalue weighted by atomic mass is 10.1. The molecule has 1 aromatic carbocycles. The average Bonchev–Trinajstić information content (AvgIpc) is 3.61. The van der Waals surface area contributed by atoms with Crippen molar-refractivity contribution in [2.45, 2.75) is 44.4 Å². The first kappa shape index (κ1) is 28.0. The SMILES string of the molecule is CC(C)N1CCN2C(=O)COCCOCCNC(=O)[C@@H]3C[C@H](n4cc(-c5cccc(O)c5)nn4)CN3C(=O)[C@@H]2C1. The first-order valence-corrected chi connectivity index (χ1v) is 13.8. The van der Waals surface area contributed by atoms with E-state index >= 15 is 0 Å². The van der Waals surface area contributed by atoms with Crippen LogP contribution in [0.25, 0.3) is 11.3 Å². The van der Waals surface area contributed by atoms with Crippen molar-refractivity contribution >= 4 is 17.7 Å². The molecule has 3 aliphatic rings. The maximum Gasteiger partial charge on any atom is 0.249 e. The second-order valence-corrected chi connectivity index (χ2v) is 10.7. The Hall–Kier alpha value is -3.55. The lowest BCUT2D eigenvalue weighted by Gasteiger charge is -2.43. The molecule has 3 saturated heterocycles. The van der Waals surface area contributed by atoms with Crippen LogP contribution < -0.4 is 5.32 Å². The van der Waals surface area contributed by atoms with Gasteiger partial charge in [-0.1, -0.05) is 17.3 Å². The molecule has 4 heterocycles. The summed E-state index contributed by atoms with van der Waals surface area (Å²) in [5.74, 6) is -0.660. The molecular formula is C27H37N7O6. The topological polar surface area (TPSA) is 142 Å². The quantitative estimate of drug-likeness (QED) is 0.530. The summed E-state index contributed by atoms with van der Waals surface area (Å²) < 4.78 is 12.7. The number of nitrogens with zero attached hydrogens (tertiary/aromatic N) is 6. The molecule has 0 spiro atoms. The van der Waals surface area contributed by atoms with Crippen LogP contribution in [0.15, 0.2) is 30.5 Å². The van der Waals surface area contributed by atoms with Gasteiger partial charge in [0.15, 0.2) is 0 Å². The smallest absolute Gasteiger partial charge is 0.249 e. The van der Waals surface area contributed by atoms with Crippen molar-refractivity contribution in [3.8, 4) is 17.0 Å². The largest absolute Gasteiger partial charge is 0.508 e. The Balaban J connectivity index is 1.43. The van der Waals surface area contributed by atoms with E-state index in [2.05, 4.69) is 34.4 Å². The highest BCUT2D eigenvalue weighted by Gasteiger charge is 2.46. The highest BCUT2D eigenvalue weighted by Crippen LogP contribution is 2.31. The minimum atomic E-state index is -0.737. The minimum Gasteiger partial charge on any atom is -0.508 e. The summed E-state index contributed by atoms with van der Waals surface area (Å²) in [6, 6.07) is 5.16. The van der Waals surface area contributed by atoms with Gasteiger partial charge in [-0.3, -0.25) is 19.3 Å². The molecule has 0 saturated carbocycles. The van der Waals surface area contributed by atoms with Crippen LogP contribution in [0, 0.1) is 0 Å². The minimum absolute atomic E-state index is 0.123. The van der Waals surface area contributed by atoms with E-state index in [0.29, 0.717) is 57.1 Å². The van der Waals surface area contributed by atoms with E-state index in [1.807, 2.05) is 6.07 Å². The zero-order valence-electron chi connectivity index (χ0n) is 22.9. The zero-order chi connectivity index (χ0) is 28.2. The van der Waals surface area contributed by atoms with Gasteiger partial charge < -0.3 is 29.7 Å². The fourth-order valence-electron chi connectivity index (χ4n) is 5.55. The lowest BCUT2D eigenvalue weighted by Crippen LogP contribution is -2.63. The van der Waals surface area contributed by atoms with Gasteiger partial charge in [0.25, 0.3) is 0 Å². The number of hydrogen-bond acceptors (Lipinski definition) is 9. The Morgan fingerprint density at radius 3 is 2.65 bits per heavy atom. The number of benzene rings is 1. The summed E-state index contributed by atoms with van der Waals surface area (Å²) in [6.07, 6.45) is 2.11. The molecule has 0 unspecified atom stereocenters. The van der Waals surface area contributed by atoms with E-state index in [9.17, 15) is 19.5 Å². The molecule has 13 heteroatoms. The predicted molar refractivity (Wildman–Crippen MR) is 143 cm³/mol. The Bertz CT molecular complexity index is 1220. The summed E-state index contributed by atoms with van der Waals surface area (Å²) in [5, 5.41) is 21.3. The molecular weight excluding hydrogens is 518 g/mol. The van der Waals surface area contributed by atoms with Crippen molar-refractivity contribution in [2.75, 3.05) is 59.2 Å². The fraction of sp³-hybridized carbons (Fsp3) is 0.593. The Morgan fingerprint density at radius 2 is 1.85 bits per heavy atom. The molecule has 0 radical (unpaired) electrons. The molecule has 13 nitrogen and oxygen atoms in total. The fourth-order valence-corrected chi connectivity index (χ4v) is 5.55. The lowest BCUT2D eigenvalue weighted by molar-refractivity contribution is -0.154. The number of phenols is 1. The number of fused-ring (bicyclic) bond motifs is 2. The van der Waals surface area contributed by atoms with Crippen LogP contribution in [0.3, 0.4) is 0 Å². The number of aromatic hydroxyl groups is 1.